The number of alkyl halides is 1. The first kappa shape index (κ1) is 15.1. The minimum atomic E-state index is -0.762. The van der Waals surface area contributed by atoms with E-state index in [2.05, 4.69) is 0 Å². The molecule has 0 spiro atoms. The summed E-state index contributed by atoms with van der Waals surface area (Å²) in [7, 11) is 1.56. The molecule has 0 bridgehead atoms. The van der Waals surface area contributed by atoms with Crippen molar-refractivity contribution >= 4 is 11.6 Å². The highest BCUT2D eigenvalue weighted by atomic mass is 35.5. The molecule has 18 heavy (non-hydrogen) atoms. The third-order valence-corrected chi connectivity index (χ3v) is 2.43. The van der Waals surface area contributed by atoms with Gasteiger partial charge in [0.1, 0.15) is 6.61 Å². The quantitative estimate of drug-likeness (QED) is 0.541. The van der Waals surface area contributed by atoms with Crippen molar-refractivity contribution in [2.24, 2.45) is 0 Å². The molecule has 0 aliphatic heterocycles. The normalized spacial score (nSPS) is 10.7. The summed E-state index contributed by atoms with van der Waals surface area (Å²) in [4.78, 5) is 0. The first-order valence-electron chi connectivity index (χ1n) is 5.42. The number of rotatable bonds is 8. The summed E-state index contributed by atoms with van der Waals surface area (Å²) in [5, 5.41) is 0. The SMILES string of the molecule is COCCOCCOc1c(F)cc(CCl)cc1F. The molecule has 0 unspecified atom stereocenters. The molecular formula is C12H15ClF2O3. The average molecular weight is 281 g/mol. The van der Waals surface area contributed by atoms with E-state index in [9.17, 15) is 8.78 Å². The van der Waals surface area contributed by atoms with Crippen LogP contribution in [0.3, 0.4) is 0 Å². The molecular weight excluding hydrogens is 266 g/mol. The van der Waals surface area contributed by atoms with Crippen LogP contribution in [0, 0.1) is 11.6 Å². The van der Waals surface area contributed by atoms with Gasteiger partial charge in [0.25, 0.3) is 0 Å². The van der Waals surface area contributed by atoms with Crippen LogP contribution >= 0.6 is 11.6 Å². The molecule has 3 nitrogen and oxygen atoms in total. The van der Waals surface area contributed by atoms with Crippen molar-refractivity contribution in [1.29, 1.82) is 0 Å². The number of ether oxygens (including phenoxy) is 3. The summed E-state index contributed by atoms with van der Waals surface area (Å²) in [6.45, 7) is 1.18. The van der Waals surface area contributed by atoms with Crippen LogP contribution < -0.4 is 4.74 Å². The van der Waals surface area contributed by atoms with E-state index in [0.29, 0.717) is 18.8 Å². The molecule has 0 radical (unpaired) electrons. The van der Waals surface area contributed by atoms with E-state index in [1.165, 1.54) is 0 Å². The Kier molecular flexibility index (Phi) is 6.93. The molecule has 0 N–H and O–H groups in total. The zero-order valence-corrected chi connectivity index (χ0v) is 10.8. The summed E-state index contributed by atoms with van der Waals surface area (Å²) in [5.74, 6) is -1.88. The van der Waals surface area contributed by atoms with Crippen molar-refractivity contribution in [2.45, 2.75) is 5.88 Å². The highest BCUT2D eigenvalue weighted by Crippen LogP contribution is 2.23. The van der Waals surface area contributed by atoms with Gasteiger partial charge in [0.15, 0.2) is 17.4 Å². The molecule has 0 aliphatic rings. The fourth-order valence-corrected chi connectivity index (χ4v) is 1.43. The van der Waals surface area contributed by atoms with Gasteiger partial charge in [-0.1, -0.05) is 0 Å². The van der Waals surface area contributed by atoms with E-state index in [1.807, 2.05) is 0 Å². The second-order valence-electron chi connectivity index (χ2n) is 3.48. The summed E-state index contributed by atoms with van der Waals surface area (Å²) in [5.41, 5.74) is 0.371. The fraction of sp³-hybridized carbons (Fsp3) is 0.500. The zero-order valence-electron chi connectivity index (χ0n) is 10.0. The second kappa shape index (κ2) is 8.24. The third-order valence-electron chi connectivity index (χ3n) is 2.12. The number of hydrogen-bond donors (Lipinski definition) is 0. The third kappa shape index (κ3) is 4.76. The van der Waals surface area contributed by atoms with Crippen LogP contribution in [0.15, 0.2) is 12.1 Å². The Morgan fingerprint density at radius 1 is 1.06 bits per heavy atom. The Balaban J connectivity index is 2.42. The molecule has 1 aromatic carbocycles. The van der Waals surface area contributed by atoms with Crippen LogP contribution in [0.4, 0.5) is 8.78 Å². The van der Waals surface area contributed by atoms with E-state index >= 15 is 0 Å². The van der Waals surface area contributed by atoms with E-state index in [1.54, 1.807) is 7.11 Å². The number of halogens is 3. The summed E-state index contributed by atoms with van der Waals surface area (Å²) >= 11 is 5.49. The molecule has 0 heterocycles. The lowest BCUT2D eigenvalue weighted by atomic mass is 10.2. The van der Waals surface area contributed by atoms with Crippen molar-refractivity contribution in [3.63, 3.8) is 0 Å². The van der Waals surface area contributed by atoms with Gasteiger partial charge in [0.05, 0.1) is 19.8 Å². The van der Waals surface area contributed by atoms with Gasteiger partial charge in [-0.2, -0.15) is 0 Å². The van der Waals surface area contributed by atoms with Gasteiger partial charge in [-0.25, -0.2) is 8.78 Å². The van der Waals surface area contributed by atoms with Crippen LogP contribution in [0.1, 0.15) is 5.56 Å². The molecule has 1 rings (SSSR count). The lowest BCUT2D eigenvalue weighted by molar-refractivity contribution is 0.0531. The Morgan fingerprint density at radius 2 is 1.67 bits per heavy atom. The van der Waals surface area contributed by atoms with Gasteiger partial charge in [-0.15, -0.1) is 11.6 Å². The average Bonchev–Trinajstić information content (AvgIpc) is 2.35. The maximum atomic E-state index is 13.4. The number of hydrogen-bond acceptors (Lipinski definition) is 3. The predicted molar refractivity (Wildman–Crippen MR) is 64.1 cm³/mol. The van der Waals surface area contributed by atoms with Crippen molar-refractivity contribution in [3.8, 4) is 5.75 Å². The minimum Gasteiger partial charge on any atom is -0.485 e. The first-order valence-corrected chi connectivity index (χ1v) is 5.96. The lowest BCUT2D eigenvalue weighted by Gasteiger charge is -2.09. The summed E-state index contributed by atoms with van der Waals surface area (Å²) < 4.78 is 41.8. The molecule has 102 valence electrons. The molecule has 0 amide bonds. The predicted octanol–water partition coefficient (Wildman–Crippen LogP) is 2.75. The van der Waals surface area contributed by atoms with Crippen LogP contribution in [-0.4, -0.2) is 33.5 Å². The zero-order chi connectivity index (χ0) is 13.4. The number of benzene rings is 1. The van der Waals surface area contributed by atoms with E-state index in [0.717, 1.165) is 12.1 Å². The van der Waals surface area contributed by atoms with E-state index in [4.69, 9.17) is 25.8 Å². The Hall–Kier alpha value is -0.910. The van der Waals surface area contributed by atoms with Gasteiger partial charge >= 0.3 is 0 Å². The van der Waals surface area contributed by atoms with Crippen molar-refractivity contribution in [2.75, 3.05) is 33.5 Å². The summed E-state index contributed by atoms with van der Waals surface area (Å²) in [6.07, 6.45) is 0. The second-order valence-corrected chi connectivity index (χ2v) is 3.74. The molecule has 0 aliphatic carbocycles. The lowest BCUT2D eigenvalue weighted by Crippen LogP contribution is -2.11. The van der Waals surface area contributed by atoms with Gasteiger partial charge in [0, 0.05) is 13.0 Å². The molecule has 0 fully saturated rings. The van der Waals surface area contributed by atoms with Crippen LogP contribution in [0.5, 0.6) is 5.75 Å². The van der Waals surface area contributed by atoms with E-state index < -0.39 is 17.4 Å². The molecule has 0 aromatic heterocycles. The Morgan fingerprint density at radius 3 is 2.22 bits per heavy atom. The first-order chi connectivity index (χ1) is 8.69. The van der Waals surface area contributed by atoms with Crippen molar-refractivity contribution in [3.05, 3.63) is 29.3 Å². The van der Waals surface area contributed by atoms with Crippen molar-refractivity contribution < 1.29 is 23.0 Å². The Labute approximate surface area is 110 Å². The fourth-order valence-electron chi connectivity index (χ4n) is 1.27. The number of methoxy groups -OCH3 is 1. The maximum absolute atomic E-state index is 13.4. The largest absolute Gasteiger partial charge is 0.485 e. The van der Waals surface area contributed by atoms with Crippen molar-refractivity contribution in [1.82, 2.24) is 0 Å². The summed E-state index contributed by atoms with van der Waals surface area (Å²) in [6, 6.07) is 2.30. The maximum Gasteiger partial charge on any atom is 0.190 e. The molecule has 6 heteroatoms. The molecule has 0 saturated heterocycles. The minimum absolute atomic E-state index is 0.0499. The van der Waals surface area contributed by atoms with Crippen LogP contribution in [0.25, 0.3) is 0 Å². The van der Waals surface area contributed by atoms with Crippen LogP contribution in [0.2, 0.25) is 0 Å². The topological polar surface area (TPSA) is 27.7 Å². The van der Waals surface area contributed by atoms with Crippen LogP contribution in [-0.2, 0) is 15.4 Å². The highest BCUT2D eigenvalue weighted by molar-refractivity contribution is 6.17. The highest BCUT2D eigenvalue weighted by Gasteiger charge is 2.12. The van der Waals surface area contributed by atoms with Gasteiger partial charge in [-0.05, 0) is 17.7 Å². The smallest absolute Gasteiger partial charge is 0.190 e. The van der Waals surface area contributed by atoms with Gasteiger partial charge in [0.2, 0.25) is 0 Å². The van der Waals surface area contributed by atoms with Gasteiger partial charge < -0.3 is 14.2 Å². The molecule has 1 aromatic rings. The standard InChI is InChI=1S/C12H15ClF2O3/c1-16-2-3-17-4-5-18-12-10(14)6-9(8-13)7-11(12)15/h6-7H,2-5,8H2,1H3. The Bertz CT molecular complexity index is 351. The molecule has 0 atom stereocenters. The van der Waals surface area contributed by atoms with Gasteiger partial charge in [-0.3, -0.25) is 0 Å². The monoisotopic (exact) mass is 280 g/mol. The molecule has 0 saturated carbocycles. The van der Waals surface area contributed by atoms with E-state index in [-0.39, 0.29) is 19.1 Å².